The summed E-state index contributed by atoms with van der Waals surface area (Å²) >= 11 is 0. The first-order valence-corrected chi connectivity index (χ1v) is 9.08. The molecule has 158 valence electrons. The second-order valence-electron chi connectivity index (χ2n) is 6.31. The van der Waals surface area contributed by atoms with Crippen LogP contribution in [0, 0.1) is 0 Å². The van der Waals surface area contributed by atoms with E-state index in [2.05, 4.69) is 5.32 Å². The second-order valence-corrected chi connectivity index (χ2v) is 6.31. The third kappa shape index (κ3) is 4.16. The Kier molecular flexibility index (Phi) is 7.14. The number of carbonyl (C=O) groups is 2. The molecule has 0 bridgehead atoms. The van der Waals surface area contributed by atoms with Gasteiger partial charge in [0, 0.05) is 11.4 Å². The van der Waals surface area contributed by atoms with Crippen LogP contribution in [-0.2, 0) is 19.1 Å². The zero-order valence-electron chi connectivity index (χ0n) is 17.8. The standard InChI is InChI=1S/C21H27NO7/c1-8-29-21(24)17-12(3)22-11(2)16(20(23)28-7)18(17)13-9-14(25-4)19(27-6)15(10-13)26-5/h9-10,18,22H,8H2,1-7H3. The molecule has 2 rings (SSSR count). The van der Waals surface area contributed by atoms with Crippen LogP contribution in [0.25, 0.3) is 0 Å². The molecule has 1 heterocycles. The molecule has 0 radical (unpaired) electrons. The van der Waals surface area contributed by atoms with E-state index in [-0.39, 0.29) is 6.61 Å². The molecule has 0 fully saturated rings. The highest BCUT2D eigenvalue weighted by Crippen LogP contribution is 2.45. The fourth-order valence-corrected chi connectivity index (χ4v) is 3.46. The summed E-state index contributed by atoms with van der Waals surface area (Å²) in [6.07, 6.45) is 0. The Hall–Kier alpha value is -3.16. The van der Waals surface area contributed by atoms with Crippen molar-refractivity contribution < 1.29 is 33.3 Å². The predicted octanol–water partition coefficient (Wildman–Crippen LogP) is 2.68. The van der Waals surface area contributed by atoms with Crippen molar-refractivity contribution in [3.8, 4) is 17.2 Å². The summed E-state index contributed by atoms with van der Waals surface area (Å²) in [7, 11) is 5.80. The zero-order valence-corrected chi connectivity index (χ0v) is 17.8. The third-order valence-corrected chi connectivity index (χ3v) is 4.68. The highest BCUT2D eigenvalue weighted by Gasteiger charge is 2.38. The average molecular weight is 405 g/mol. The van der Waals surface area contributed by atoms with Crippen LogP contribution < -0.4 is 19.5 Å². The molecule has 1 unspecified atom stereocenters. The molecule has 0 spiro atoms. The average Bonchev–Trinajstić information content (AvgIpc) is 2.71. The van der Waals surface area contributed by atoms with Gasteiger partial charge in [0.2, 0.25) is 5.75 Å². The smallest absolute Gasteiger partial charge is 0.336 e. The van der Waals surface area contributed by atoms with E-state index in [9.17, 15) is 9.59 Å². The number of hydrogen-bond donors (Lipinski definition) is 1. The van der Waals surface area contributed by atoms with Gasteiger partial charge in [0.1, 0.15) is 0 Å². The van der Waals surface area contributed by atoms with Gasteiger partial charge in [-0.1, -0.05) is 0 Å². The lowest BCUT2D eigenvalue weighted by atomic mass is 9.80. The maximum absolute atomic E-state index is 12.8. The zero-order chi connectivity index (χ0) is 21.7. The highest BCUT2D eigenvalue weighted by molar-refractivity contribution is 6.00. The fourth-order valence-electron chi connectivity index (χ4n) is 3.46. The minimum absolute atomic E-state index is 0.202. The van der Waals surface area contributed by atoms with Gasteiger partial charge in [-0.2, -0.15) is 0 Å². The molecule has 1 aromatic rings. The number of rotatable bonds is 7. The van der Waals surface area contributed by atoms with Crippen LogP contribution in [0.15, 0.2) is 34.7 Å². The van der Waals surface area contributed by atoms with Crippen LogP contribution >= 0.6 is 0 Å². The largest absolute Gasteiger partial charge is 0.493 e. The molecule has 0 saturated carbocycles. The molecule has 0 aliphatic carbocycles. The van der Waals surface area contributed by atoms with Gasteiger partial charge < -0.3 is 29.0 Å². The van der Waals surface area contributed by atoms with Crippen LogP contribution in [0.4, 0.5) is 0 Å². The minimum atomic E-state index is -0.739. The fraction of sp³-hybridized carbons (Fsp3) is 0.429. The van der Waals surface area contributed by atoms with Crippen LogP contribution in [-0.4, -0.2) is 47.0 Å². The first-order chi connectivity index (χ1) is 13.8. The first-order valence-electron chi connectivity index (χ1n) is 9.08. The Morgan fingerprint density at radius 2 is 1.41 bits per heavy atom. The summed E-state index contributed by atoms with van der Waals surface area (Å²) < 4.78 is 26.5. The predicted molar refractivity (Wildman–Crippen MR) is 106 cm³/mol. The van der Waals surface area contributed by atoms with Crippen LogP contribution in [0.3, 0.4) is 0 Å². The van der Waals surface area contributed by atoms with Crippen molar-refractivity contribution in [2.24, 2.45) is 0 Å². The topological polar surface area (TPSA) is 92.3 Å². The van der Waals surface area contributed by atoms with Gasteiger partial charge in [-0.05, 0) is 38.5 Å². The quantitative estimate of drug-likeness (QED) is 0.693. The molecule has 1 N–H and O–H groups in total. The number of dihydropyridines is 1. The molecule has 1 aliphatic heterocycles. The van der Waals surface area contributed by atoms with Crippen LogP contribution in [0.5, 0.6) is 17.2 Å². The molecule has 0 aromatic heterocycles. The van der Waals surface area contributed by atoms with Crippen molar-refractivity contribution >= 4 is 11.9 Å². The van der Waals surface area contributed by atoms with E-state index in [1.54, 1.807) is 32.9 Å². The molecular weight excluding hydrogens is 378 g/mol. The van der Waals surface area contributed by atoms with E-state index >= 15 is 0 Å². The van der Waals surface area contributed by atoms with Crippen LogP contribution in [0.1, 0.15) is 32.3 Å². The minimum Gasteiger partial charge on any atom is -0.493 e. The Morgan fingerprint density at radius 1 is 0.897 bits per heavy atom. The molecule has 0 saturated heterocycles. The van der Waals surface area contributed by atoms with Gasteiger partial charge in [-0.15, -0.1) is 0 Å². The molecule has 0 amide bonds. The van der Waals surface area contributed by atoms with Gasteiger partial charge in [0.25, 0.3) is 0 Å². The lowest BCUT2D eigenvalue weighted by Crippen LogP contribution is -2.32. The summed E-state index contributed by atoms with van der Waals surface area (Å²) in [4.78, 5) is 25.4. The van der Waals surface area contributed by atoms with E-state index in [0.717, 1.165) is 0 Å². The Balaban J connectivity index is 2.80. The SMILES string of the molecule is CCOC(=O)C1=C(C)NC(C)=C(C(=O)OC)C1c1cc(OC)c(OC)c(OC)c1. The number of esters is 2. The third-order valence-electron chi connectivity index (χ3n) is 4.68. The van der Waals surface area contributed by atoms with E-state index in [4.69, 9.17) is 23.7 Å². The summed E-state index contributed by atoms with van der Waals surface area (Å²) in [5.41, 5.74) is 2.39. The van der Waals surface area contributed by atoms with Gasteiger partial charge in [-0.25, -0.2) is 9.59 Å². The van der Waals surface area contributed by atoms with Crippen molar-refractivity contribution in [1.82, 2.24) is 5.32 Å². The van der Waals surface area contributed by atoms with Gasteiger partial charge in [-0.3, -0.25) is 0 Å². The molecule has 1 aromatic carbocycles. The summed E-state index contributed by atoms with van der Waals surface area (Å²) in [5, 5.41) is 3.08. The van der Waals surface area contributed by atoms with Crippen molar-refractivity contribution in [2.75, 3.05) is 35.0 Å². The molecule has 1 aliphatic rings. The Morgan fingerprint density at radius 3 is 1.83 bits per heavy atom. The molecule has 8 heteroatoms. The van der Waals surface area contributed by atoms with Crippen molar-refractivity contribution in [2.45, 2.75) is 26.7 Å². The van der Waals surface area contributed by atoms with E-state index in [0.29, 0.717) is 45.4 Å². The number of allylic oxidation sites excluding steroid dienone is 2. The molecule has 8 nitrogen and oxygen atoms in total. The number of carbonyl (C=O) groups excluding carboxylic acids is 2. The number of hydrogen-bond acceptors (Lipinski definition) is 8. The molecular formula is C21H27NO7. The highest BCUT2D eigenvalue weighted by atomic mass is 16.5. The number of benzene rings is 1. The van der Waals surface area contributed by atoms with Gasteiger partial charge in [0.15, 0.2) is 11.5 Å². The number of ether oxygens (including phenoxy) is 5. The second kappa shape index (κ2) is 9.36. The first kappa shape index (κ1) is 22.1. The monoisotopic (exact) mass is 405 g/mol. The summed E-state index contributed by atoms with van der Waals surface area (Å²) in [6, 6.07) is 3.42. The van der Waals surface area contributed by atoms with Crippen molar-refractivity contribution in [3.63, 3.8) is 0 Å². The Bertz CT molecular complexity index is 845. The lowest BCUT2D eigenvalue weighted by molar-refractivity contribution is -0.139. The van der Waals surface area contributed by atoms with Crippen molar-refractivity contribution in [3.05, 3.63) is 40.2 Å². The van der Waals surface area contributed by atoms with Crippen molar-refractivity contribution in [1.29, 1.82) is 0 Å². The van der Waals surface area contributed by atoms with Crippen LogP contribution in [0.2, 0.25) is 0 Å². The van der Waals surface area contributed by atoms with Gasteiger partial charge in [0.05, 0.1) is 52.1 Å². The van der Waals surface area contributed by atoms with E-state index < -0.39 is 17.9 Å². The normalized spacial score (nSPS) is 16.2. The lowest BCUT2D eigenvalue weighted by Gasteiger charge is -2.30. The maximum atomic E-state index is 12.8. The summed E-state index contributed by atoms with van der Waals surface area (Å²) in [5.74, 6) is -0.595. The van der Waals surface area contributed by atoms with Gasteiger partial charge >= 0.3 is 11.9 Å². The molecule has 1 atom stereocenters. The van der Waals surface area contributed by atoms with E-state index in [1.807, 2.05) is 0 Å². The summed E-state index contributed by atoms with van der Waals surface area (Å²) in [6.45, 7) is 5.44. The Labute approximate surface area is 170 Å². The maximum Gasteiger partial charge on any atom is 0.336 e. The number of nitrogens with one attached hydrogen (secondary N) is 1. The number of methoxy groups -OCH3 is 4. The van der Waals surface area contributed by atoms with E-state index in [1.165, 1.54) is 28.4 Å². The molecule has 29 heavy (non-hydrogen) atoms.